The minimum atomic E-state index is -0.559. The van der Waals surface area contributed by atoms with Crippen LogP contribution in [0.5, 0.6) is 11.5 Å². The fourth-order valence-electron chi connectivity index (χ4n) is 4.68. The second kappa shape index (κ2) is 12.2. The van der Waals surface area contributed by atoms with E-state index in [1.54, 1.807) is 19.2 Å². The van der Waals surface area contributed by atoms with Crippen LogP contribution in [0.25, 0.3) is 0 Å². The summed E-state index contributed by atoms with van der Waals surface area (Å²) in [4.78, 5) is 43.4. The lowest BCUT2D eigenvalue weighted by atomic mass is 9.96. The Morgan fingerprint density at radius 3 is 2.59 bits per heavy atom. The molecule has 12 nitrogen and oxygen atoms in total. The Bertz CT molecular complexity index is 1340. The van der Waals surface area contributed by atoms with Gasteiger partial charge >= 0.3 is 0 Å². The zero-order valence-electron chi connectivity index (χ0n) is 24.0. The molecule has 0 spiro atoms. The number of morpholine rings is 1. The van der Waals surface area contributed by atoms with Crippen molar-refractivity contribution in [1.29, 1.82) is 0 Å². The van der Waals surface area contributed by atoms with Gasteiger partial charge in [0.25, 0.3) is 5.91 Å². The topological polar surface area (TPSA) is 130 Å². The first-order valence-corrected chi connectivity index (χ1v) is 13.9. The van der Waals surface area contributed by atoms with Crippen molar-refractivity contribution in [1.82, 2.24) is 20.1 Å². The summed E-state index contributed by atoms with van der Waals surface area (Å²) in [5.74, 6) is 2.00. The SMILES string of the molecule is COc1c(OCCCN2CCOCC2)ccc2c1N=C(NC(=O)c1ccc(NC(=O)C(C)(C)C)nc1)N1CCN=C21. The normalized spacial score (nSPS) is 16.7. The van der Waals surface area contributed by atoms with Crippen LogP contribution in [0, 0.1) is 5.41 Å². The Kier molecular flexibility index (Phi) is 8.50. The molecular formula is C29H37N7O5. The maximum atomic E-state index is 13.2. The number of fused-ring (bicyclic) bond motifs is 3. The van der Waals surface area contributed by atoms with Crippen LogP contribution in [-0.4, -0.2) is 98.0 Å². The van der Waals surface area contributed by atoms with E-state index in [2.05, 4.69) is 25.5 Å². The number of nitrogens with one attached hydrogen (secondary N) is 2. The van der Waals surface area contributed by atoms with Crippen LogP contribution in [0.2, 0.25) is 0 Å². The Morgan fingerprint density at radius 2 is 1.88 bits per heavy atom. The Morgan fingerprint density at radius 1 is 1.07 bits per heavy atom. The average molecular weight is 564 g/mol. The maximum absolute atomic E-state index is 13.2. The highest BCUT2D eigenvalue weighted by molar-refractivity contribution is 6.20. The standard InChI is InChI=1S/C29H37N7O5/c1-29(2,3)27(38)32-22-9-6-19(18-31-22)26(37)34-28-33-23-20(25-30-10-12-36(25)28)7-8-21(24(23)39-4)41-15-5-11-35-13-16-40-17-14-35/h6-9,18H,5,10-17H2,1-4H3,(H,31,32,38)(H,33,34,37). The van der Waals surface area contributed by atoms with Gasteiger partial charge < -0.3 is 19.5 Å². The van der Waals surface area contributed by atoms with Crippen molar-refractivity contribution in [2.24, 2.45) is 15.4 Å². The molecule has 0 bridgehead atoms. The summed E-state index contributed by atoms with van der Waals surface area (Å²) < 4.78 is 17.3. The summed E-state index contributed by atoms with van der Waals surface area (Å²) in [5, 5.41) is 5.67. The predicted octanol–water partition coefficient (Wildman–Crippen LogP) is 2.67. The molecule has 0 saturated carbocycles. The number of hydrogen-bond acceptors (Lipinski definition) is 10. The predicted molar refractivity (Wildman–Crippen MR) is 155 cm³/mol. The number of guanidine groups is 1. The summed E-state index contributed by atoms with van der Waals surface area (Å²) in [6.07, 6.45) is 2.30. The van der Waals surface area contributed by atoms with Crippen molar-refractivity contribution in [2.45, 2.75) is 27.2 Å². The van der Waals surface area contributed by atoms with E-state index in [4.69, 9.17) is 19.2 Å². The molecule has 41 heavy (non-hydrogen) atoms. The number of rotatable bonds is 8. The zero-order chi connectivity index (χ0) is 29.0. The second-order valence-corrected chi connectivity index (χ2v) is 11.0. The number of ether oxygens (including phenoxy) is 3. The summed E-state index contributed by atoms with van der Waals surface area (Å²) in [5.41, 5.74) is 1.15. The fraction of sp³-hybridized carbons (Fsp3) is 0.483. The maximum Gasteiger partial charge on any atom is 0.259 e. The molecule has 0 unspecified atom stereocenters. The van der Waals surface area contributed by atoms with E-state index in [-0.39, 0.29) is 11.8 Å². The molecule has 0 aliphatic carbocycles. The molecule has 5 rings (SSSR count). The zero-order valence-corrected chi connectivity index (χ0v) is 24.0. The number of pyridine rings is 1. The van der Waals surface area contributed by atoms with Gasteiger partial charge in [-0.15, -0.1) is 0 Å². The van der Waals surface area contributed by atoms with Gasteiger partial charge in [0.15, 0.2) is 11.5 Å². The van der Waals surface area contributed by atoms with E-state index >= 15 is 0 Å². The van der Waals surface area contributed by atoms with Gasteiger partial charge in [0.05, 0.1) is 39.0 Å². The Labute approximate surface area is 239 Å². The van der Waals surface area contributed by atoms with Crippen molar-refractivity contribution < 1.29 is 23.8 Å². The molecule has 1 aromatic carbocycles. The Balaban J connectivity index is 1.30. The van der Waals surface area contributed by atoms with E-state index in [0.717, 1.165) is 50.7 Å². The van der Waals surface area contributed by atoms with Crippen LogP contribution in [0.15, 0.2) is 40.4 Å². The van der Waals surface area contributed by atoms with Gasteiger partial charge in [-0.3, -0.25) is 29.7 Å². The third-order valence-electron chi connectivity index (χ3n) is 7.01. The van der Waals surface area contributed by atoms with E-state index in [9.17, 15) is 9.59 Å². The lowest BCUT2D eigenvalue weighted by Gasteiger charge is -2.29. The van der Waals surface area contributed by atoms with Crippen LogP contribution in [-0.2, 0) is 9.53 Å². The lowest BCUT2D eigenvalue weighted by molar-refractivity contribution is -0.123. The molecule has 1 saturated heterocycles. The van der Waals surface area contributed by atoms with Crippen molar-refractivity contribution in [3.05, 3.63) is 41.6 Å². The van der Waals surface area contributed by atoms with Crippen LogP contribution in [0.3, 0.4) is 0 Å². The second-order valence-electron chi connectivity index (χ2n) is 11.0. The van der Waals surface area contributed by atoms with Crippen LogP contribution < -0.4 is 20.1 Å². The van der Waals surface area contributed by atoms with Crippen LogP contribution >= 0.6 is 0 Å². The highest BCUT2D eigenvalue weighted by Gasteiger charge is 2.33. The molecule has 1 fully saturated rings. The molecule has 0 atom stereocenters. The highest BCUT2D eigenvalue weighted by atomic mass is 16.5. The number of carbonyl (C=O) groups is 2. The van der Waals surface area contributed by atoms with Gasteiger partial charge in [0, 0.05) is 43.4 Å². The van der Waals surface area contributed by atoms with Crippen molar-refractivity contribution in [3.63, 3.8) is 0 Å². The quantitative estimate of drug-likeness (QED) is 0.469. The van der Waals surface area contributed by atoms with Crippen molar-refractivity contribution in [3.8, 4) is 11.5 Å². The molecule has 4 heterocycles. The molecule has 2 amide bonds. The number of benzene rings is 1. The van der Waals surface area contributed by atoms with Crippen LogP contribution in [0.1, 0.15) is 43.1 Å². The minimum absolute atomic E-state index is 0.160. The van der Waals surface area contributed by atoms with Gasteiger partial charge in [-0.2, -0.15) is 0 Å². The monoisotopic (exact) mass is 563 g/mol. The van der Waals surface area contributed by atoms with Gasteiger partial charge in [0.1, 0.15) is 17.3 Å². The number of hydrogen-bond donors (Lipinski definition) is 2. The molecule has 1 aromatic heterocycles. The van der Waals surface area contributed by atoms with E-state index in [0.29, 0.717) is 54.2 Å². The number of anilines is 1. The molecule has 0 radical (unpaired) electrons. The number of nitrogens with zero attached hydrogens (tertiary/aromatic N) is 5. The highest BCUT2D eigenvalue weighted by Crippen LogP contribution is 2.43. The summed E-state index contributed by atoms with van der Waals surface area (Å²) in [7, 11) is 1.58. The first-order chi connectivity index (χ1) is 19.7. The average Bonchev–Trinajstić information content (AvgIpc) is 3.46. The van der Waals surface area contributed by atoms with Crippen LogP contribution in [0.4, 0.5) is 11.5 Å². The summed E-state index contributed by atoms with van der Waals surface area (Å²) >= 11 is 0. The molecule has 12 heteroatoms. The van der Waals surface area contributed by atoms with Gasteiger partial charge in [-0.1, -0.05) is 20.8 Å². The van der Waals surface area contributed by atoms with Gasteiger partial charge in [-0.05, 0) is 30.7 Å². The number of aliphatic imine (C=N–C) groups is 2. The lowest BCUT2D eigenvalue weighted by Crippen LogP contribution is -2.47. The minimum Gasteiger partial charge on any atom is -0.491 e. The summed E-state index contributed by atoms with van der Waals surface area (Å²) in [6.45, 7) is 11.5. The molecule has 218 valence electrons. The summed E-state index contributed by atoms with van der Waals surface area (Å²) in [6, 6.07) is 7.03. The Hall–Kier alpha value is -4.03. The number of methoxy groups -OCH3 is 1. The molecule has 3 aliphatic heterocycles. The van der Waals surface area contributed by atoms with E-state index < -0.39 is 5.41 Å². The van der Waals surface area contributed by atoms with Gasteiger partial charge in [0.2, 0.25) is 11.9 Å². The smallest absolute Gasteiger partial charge is 0.259 e. The first kappa shape index (κ1) is 28.5. The van der Waals surface area contributed by atoms with Crippen molar-refractivity contribution >= 4 is 35.1 Å². The molecule has 2 N–H and O–H groups in total. The third-order valence-corrected chi connectivity index (χ3v) is 7.01. The first-order valence-electron chi connectivity index (χ1n) is 13.9. The van der Waals surface area contributed by atoms with Gasteiger partial charge in [-0.25, -0.2) is 9.98 Å². The number of amides is 2. The van der Waals surface area contributed by atoms with Crippen molar-refractivity contribution in [2.75, 3.05) is 65.0 Å². The number of aromatic nitrogens is 1. The number of amidine groups is 1. The van der Waals surface area contributed by atoms with E-state index in [1.807, 2.05) is 37.8 Å². The largest absolute Gasteiger partial charge is 0.491 e. The fourth-order valence-corrected chi connectivity index (χ4v) is 4.68. The number of carbonyl (C=O) groups excluding carboxylic acids is 2. The van der Waals surface area contributed by atoms with E-state index in [1.165, 1.54) is 6.20 Å². The molecule has 3 aliphatic rings. The third kappa shape index (κ3) is 6.49. The molecule has 2 aromatic rings. The molecular weight excluding hydrogens is 526 g/mol.